The monoisotopic (exact) mass is 420 g/mol. The molecule has 0 atom stereocenters. The molecule has 0 radical (unpaired) electrons. The van der Waals surface area contributed by atoms with Crippen molar-refractivity contribution in [1.82, 2.24) is 10.6 Å². The Morgan fingerprint density at radius 2 is 1.90 bits per heavy atom. The third-order valence-corrected chi connectivity index (χ3v) is 4.00. The van der Waals surface area contributed by atoms with Crippen LogP contribution in [0.3, 0.4) is 0 Å². The number of ether oxygens (including phenoxy) is 3. The lowest BCUT2D eigenvalue weighted by Gasteiger charge is -2.13. The summed E-state index contributed by atoms with van der Waals surface area (Å²) >= 11 is 0. The number of benzene rings is 2. The van der Waals surface area contributed by atoms with Gasteiger partial charge in [0, 0.05) is 23.9 Å². The highest BCUT2D eigenvalue weighted by atomic mass is 19.3. The van der Waals surface area contributed by atoms with E-state index in [9.17, 15) is 13.6 Å². The zero-order chi connectivity index (χ0) is 21.3. The quantitative estimate of drug-likeness (QED) is 0.449. The topological polar surface area (TPSA) is 93.2 Å². The molecule has 8 nitrogen and oxygen atoms in total. The molecule has 3 rings (SSSR count). The first-order chi connectivity index (χ1) is 14.5. The van der Waals surface area contributed by atoms with E-state index in [-0.39, 0.29) is 31.5 Å². The molecule has 160 valence electrons. The molecule has 3 N–H and O–H groups in total. The van der Waals surface area contributed by atoms with Crippen molar-refractivity contribution in [1.29, 1.82) is 0 Å². The van der Waals surface area contributed by atoms with Gasteiger partial charge in [-0.1, -0.05) is 18.2 Å². The fourth-order valence-electron chi connectivity index (χ4n) is 2.69. The van der Waals surface area contributed by atoms with Crippen molar-refractivity contribution < 1.29 is 27.8 Å². The number of fused-ring (bicyclic) bond motifs is 1. The number of carbonyl (C=O) groups excluding carboxylic acids is 1. The van der Waals surface area contributed by atoms with Crippen molar-refractivity contribution in [3.05, 3.63) is 48.0 Å². The number of anilines is 1. The van der Waals surface area contributed by atoms with E-state index in [2.05, 4.69) is 25.7 Å². The zero-order valence-corrected chi connectivity index (χ0v) is 16.3. The summed E-state index contributed by atoms with van der Waals surface area (Å²) in [4.78, 5) is 16.5. The average molecular weight is 420 g/mol. The molecule has 0 saturated heterocycles. The second-order valence-electron chi connectivity index (χ2n) is 6.15. The lowest BCUT2D eigenvalue weighted by molar-refractivity contribution is -0.115. The molecule has 10 heteroatoms. The molecule has 1 aliphatic heterocycles. The van der Waals surface area contributed by atoms with Crippen LogP contribution in [0.2, 0.25) is 0 Å². The van der Waals surface area contributed by atoms with Gasteiger partial charge in [0.25, 0.3) is 0 Å². The minimum Gasteiger partial charge on any atom is -0.454 e. The van der Waals surface area contributed by atoms with Gasteiger partial charge in [0.2, 0.25) is 12.7 Å². The second-order valence-corrected chi connectivity index (χ2v) is 6.15. The summed E-state index contributed by atoms with van der Waals surface area (Å²) in [5, 5.41) is 8.66. The van der Waals surface area contributed by atoms with Gasteiger partial charge in [-0.25, -0.2) is 4.99 Å². The molecule has 0 spiro atoms. The molecule has 1 heterocycles. The van der Waals surface area contributed by atoms with Gasteiger partial charge in [-0.3, -0.25) is 4.79 Å². The molecule has 0 saturated carbocycles. The minimum absolute atomic E-state index is 0.0108. The molecule has 1 amide bonds. The summed E-state index contributed by atoms with van der Waals surface area (Å²) in [7, 11) is 0. The fraction of sp³-hybridized carbons (Fsp3) is 0.300. The van der Waals surface area contributed by atoms with Gasteiger partial charge >= 0.3 is 6.61 Å². The number of hydrogen-bond acceptors (Lipinski definition) is 5. The van der Waals surface area contributed by atoms with Gasteiger partial charge in [-0.2, -0.15) is 8.78 Å². The van der Waals surface area contributed by atoms with Crippen LogP contribution in [0.15, 0.2) is 47.5 Å². The highest BCUT2D eigenvalue weighted by molar-refractivity contribution is 5.94. The first-order valence-corrected chi connectivity index (χ1v) is 9.29. The van der Waals surface area contributed by atoms with Crippen LogP contribution in [0.25, 0.3) is 0 Å². The van der Waals surface area contributed by atoms with E-state index >= 15 is 0 Å². The third-order valence-electron chi connectivity index (χ3n) is 4.00. The number of aliphatic imine (C=N–C) groups is 1. The Kier molecular flexibility index (Phi) is 7.25. The van der Waals surface area contributed by atoms with Crippen molar-refractivity contribution in [2.75, 3.05) is 25.2 Å². The summed E-state index contributed by atoms with van der Waals surface area (Å²) in [5.74, 6) is 0.816. The van der Waals surface area contributed by atoms with Crippen molar-refractivity contribution in [2.24, 2.45) is 4.99 Å². The van der Waals surface area contributed by atoms with E-state index in [0.29, 0.717) is 35.3 Å². The highest BCUT2D eigenvalue weighted by Crippen LogP contribution is 2.39. The van der Waals surface area contributed by atoms with Crippen LogP contribution in [0, 0.1) is 0 Å². The molecule has 2 aromatic carbocycles. The van der Waals surface area contributed by atoms with Crippen molar-refractivity contribution in [2.45, 2.75) is 20.1 Å². The lowest BCUT2D eigenvalue weighted by atomic mass is 10.1. The van der Waals surface area contributed by atoms with Crippen LogP contribution in [-0.2, 0) is 11.3 Å². The van der Waals surface area contributed by atoms with Crippen LogP contribution in [0.1, 0.15) is 12.5 Å². The van der Waals surface area contributed by atoms with E-state index in [4.69, 9.17) is 9.47 Å². The normalized spacial score (nSPS) is 12.6. The van der Waals surface area contributed by atoms with Gasteiger partial charge in [-0.05, 0) is 25.1 Å². The number of amides is 1. The third kappa shape index (κ3) is 5.97. The van der Waals surface area contributed by atoms with E-state index in [0.717, 1.165) is 0 Å². The van der Waals surface area contributed by atoms with Gasteiger partial charge in [0.1, 0.15) is 5.75 Å². The number of alkyl halides is 2. The molecular weight excluding hydrogens is 398 g/mol. The number of para-hydroxylation sites is 1. The Labute approximate surface area is 172 Å². The molecule has 0 aliphatic carbocycles. The SMILES string of the molecule is CCNC(=NCc1cc2c(cc1OC(F)F)OCO2)NCC(=O)Nc1ccccc1. The van der Waals surface area contributed by atoms with Crippen LogP contribution in [0.4, 0.5) is 14.5 Å². The van der Waals surface area contributed by atoms with Gasteiger partial charge in [-0.15, -0.1) is 0 Å². The molecule has 2 aromatic rings. The molecule has 1 aliphatic rings. The minimum atomic E-state index is -2.99. The smallest absolute Gasteiger partial charge is 0.387 e. The Morgan fingerprint density at radius 1 is 1.17 bits per heavy atom. The standard InChI is InChI=1S/C20H22F2N4O4/c1-2-23-20(25-11-18(27)26-14-6-4-3-5-7-14)24-10-13-8-16-17(29-12-28-16)9-15(13)30-19(21)22/h3-9,19H,2,10-12H2,1H3,(H,26,27)(H2,23,24,25). The van der Waals surface area contributed by atoms with Crippen LogP contribution in [-0.4, -0.2) is 38.4 Å². The van der Waals surface area contributed by atoms with E-state index in [1.807, 2.05) is 25.1 Å². The second kappa shape index (κ2) is 10.3. The van der Waals surface area contributed by atoms with Crippen molar-refractivity contribution in [3.8, 4) is 17.2 Å². The number of nitrogens with zero attached hydrogens (tertiary/aromatic N) is 1. The van der Waals surface area contributed by atoms with Crippen LogP contribution >= 0.6 is 0 Å². The number of hydrogen-bond donors (Lipinski definition) is 3. The predicted octanol–water partition coefficient (Wildman–Crippen LogP) is 2.71. The maximum Gasteiger partial charge on any atom is 0.387 e. The first kappa shape index (κ1) is 21.2. The van der Waals surface area contributed by atoms with Gasteiger partial charge in [0.15, 0.2) is 17.5 Å². The molecular formula is C20H22F2N4O4. The zero-order valence-electron chi connectivity index (χ0n) is 16.3. The predicted molar refractivity (Wildman–Crippen MR) is 107 cm³/mol. The Bertz CT molecular complexity index is 894. The summed E-state index contributed by atoms with van der Waals surface area (Å²) in [6.45, 7) is -0.560. The Hall–Kier alpha value is -3.56. The summed E-state index contributed by atoms with van der Waals surface area (Å²) in [6, 6.07) is 12.0. The number of carbonyl (C=O) groups is 1. The average Bonchev–Trinajstić information content (AvgIpc) is 3.17. The number of guanidine groups is 1. The highest BCUT2D eigenvalue weighted by Gasteiger charge is 2.20. The van der Waals surface area contributed by atoms with Crippen molar-refractivity contribution in [3.63, 3.8) is 0 Å². The number of nitrogens with one attached hydrogen (secondary N) is 3. The molecule has 0 bridgehead atoms. The first-order valence-electron chi connectivity index (χ1n) is 9.29. The Balaban J connectivity index is 1.66. The summed E-state index contributed by atoms with van der Waals surface area (Å²) in [5.41, 5.74) is 1.07. The lowest BCUT2D eigenvalue weighted by Crippen LogP contribution is -2.41. The number of halogens is 2. The molecule has 0 unspecified atom stereocenters. The maximum absolute atomic E-state index is 12.8. The van der Waals surface area contributed by atoms with Gasteiger partial charge in [0.05, 0.1) is 13.1 Å². The van der Waals surface area contributed by atoms with Crippen LogP contribution < -0.4 is 30.2 Å². The molecule has 30 heavy (non-hydrogen) atoms. The van der Waals surface area contributed by atoms with E-state index < -0.39 is 6.61 Å². The fourth-order valence-corrected chi connectivity index (χ4v) is 2.69. The molecule has 0 fully saturated rings. The Morgan fingerprint density at radius 3 is 2.60 bits per heavy atom. The number of rotatable bonds is 8. The van der Waals surface area contributed by atoms with Crippen molar-refractivity contribution >= 4 is 17.6 Å². The largest absolute Gasteiger partial charge is 0.454 e. The summed E-state index contributed by atoms with van der Waals surface area (Å²) < 4.78 is 40.6. The maximum atomic E-state index is 12.8. The van der Waals surface area contributed by atoms with E-state index in [1.54, 1.807) is 18.2 Å². The summed E-state index contributed by atoms with van der Waals surface area (Å²) in [6.07, 6.45) is 0. The molecule has 0 aromatic heterocycles. The van der Waals surface area contributed by atoms with E-state index in [1.165, 1.54) is 6.07 Å². The van der Waals surface area contributed by atoms with Crippen LogP contribution in [0.5, 0.6) is 17.2 Å². The van der Waals surface area contributed by atoms with Gasteiger partial charge < -0.3 is 30.2 Å².